The van der Waals surface area contributed by atoms with Crippen LogP contribution < -0.4 is 0 Å². The first-order chi connectivity index (χ1) is 11.7. The van der Waals surface area contributed by atoms with Crippen LogP contribution in [0.25, 0.3) is 0 Å². The first kappa shape index (κ1) is 16.9. The fourth-order valence-electron chi connectivity index (χ4n) is 7.33. The monoisotopic (exact) mass is 344 g/mol. The summed E-state index contributed by atoms with van der Waals surface area (Å²) in [6.45, 7) is 11.5. The zero-order chi connectivity index (χ0) is 18.1. The van der Waals surface area contributed by atoms with E-state index in [1.54, 1.807) is 0 Å². The largest absolute Gasteiger partial charge is 0.382 e. The highest BCUT2D eigenvalue weighted by atomic mass is 17.2. The number of carbonyl (C=O) groups is 2. The molecule has 0 aromatic rings. The van der Waals surface area contributed by atoms with E-state index in [2.05, 4.69) is 25.3 Å². The van der Waals surface area contributed by atoms with Gasteiger partial charge in [-0.15, -0.1) is 0 Å². The maximum atomic E-state index is 12.6. The Morgan fingerprint density at radius 2 is 1.60 bits per heavy atom. The highest BCUT2D eigenvalue weighted by molar-refractivity contribution is 5.92. The molecule has 136 valence electrons. The Morgan fingerprint density at radius 3 is 2.12 bits per heavy atom. The molecule has 4 heteroatoms. The number of allylic oxidation sites excluding steroid dienone is 1. The lowest BCUT2D eigenvalue weighted by molar-refractivity contribution is -0.252. The summed E-state index contributed by atoms with van der Waals surface area (Å²) >= 11 is 0. The summed E-state index contributed by atoms with van der Waals surface area (Å²) < 4.78 is 0. The van der Waals surface area contributed by atoms with E-state index < -0.39 is 11.9 Å². The summed E-state index contributed by atoms with van der Waals surface area (Å²) in [6.07, 6.45) is 6.45. The van der Waals surface area contributed by atoms with Crippen molar-refractivity contribution in [1.29, 1.82) is 0 Å². The van der Waals surface area contributed by atoms with Crippen molar-refractivity contribution in [3.63, 3.8) is 0 Å². The summed E-state index contributed by atoms with van der Waals surface area (Å²) in [6, 6.07) is 0. The van der Waals surface area contributed by atoms with Crippen LogP contribution in [0.2, 0.25) is 0 Å². The quantitative estimate of drug-likeness (QED) is 0.433. The van der Waals surface area contributed by atoms with Crippen molar-refractivity contribution >= 4 is 11.9 Å². The van der Waals surface area contributed by atoms with Gasteiger partial charge in [0.05, 0.1) is 0 Å². The van der Waals surface area contributed by atoms with E-state index in [4.69, 9.17) is 4.89 Å². The molecule has 0 heterocycles. The second kappa shape index (κ2) is 5.21. The lowest BCUT2D eigenvalue weighted by Gasteiger charge is -2.54. The van der Waals surface area contributed by atoms with Gasteiger partial charge in [0, 0.05) is 22.0 Å². The van der Waals surface area contributed by atoms with Crippen molar-refractivity contribution in [2.24, 2.45) is 34.5 Å². The van der Waals surface area contributed by atoms with Gasteiger partial charge in [0.1, 0.15) is 0 Å². The lowest BCUT2D eigenvalue weighted by atomic mass is 9.50. The number of hydrogen-bond acceptors (Lipinski definition) is 4. The van der Waals surface area contributed by atoms with Crippen molar-refractivity contribution in [1.82, 2.24) is 0 Å². The Balaban J connectivity index is 1.65. The molecule has 0 aliphatic heterocycles. The van der Waals surface area contributed by atoms with E-state index >= 15 is 0 Å². The van der Waals surface area contributed by atoms with Gasteiger partial charge in [-0.2, -0.15) is 0 Å². The van der Waals surface area contributed by atoms with Crippen LogP contribution in [0, 0.1) is 34.5 Å². The average Bonchev–Trinajstić information content (AvgIpc) is 3.14. The first-order valence-electron chi connectivity index (χ1n) is 9.54. The summed E-state index contributed by atoms with van der Waals surface area (Å²) in [5.41, 5.74) is 2.57. The molecule has 25 heavy (non-hydrogen) atoms. The van der Waals surface area contributed by atoms with Gasteiger partial charge < -0.3 is 0 Å². The number of hydrogen-bond donors (Lipinski definition) is 0. The molecule has 0 N–H and O–H groups in total. The molecule has 5 rings (SSSR count). The Morgan fingerprint density at radius 1 is 1.04 bits per heavy atom. The van der Waals surface area contributed by atoms with Crippen molar-refractivity contribution in [3.8, 4) is 0 Å². The minimum absolute atomic E-state index is 0.169. The fraction of sp³-hybridized carbons (Fsp3) is 0.714. The van der Waals surface area contributed by atoms with Gasteiger partial charge in [0.2, 0.25) is 0 Å². The second-order valence-electron chi connectivity index (χ2n) is 9.17. The molecule has 1 spiro atoms. The third kappa shape index (κ3) is 2.00. The number of rotatable bonds is 3. The van der Waals surface area contributed by atoms with Gasteiger partial charge in [0.15, 0.2) is 0 Å². The van der Waals surface area contributed by atoms with Gasteiger partial charge in [-0.1, -0.05) is 20.4 Å². The van der Waals surface area contributed by atoms with Crippen LogP contribution in [0.15, 0.2) is 23.3 Å². The molecule has 5 aliphatic carbocycles. The summed E-state index contributed by atoms with van der Waals surface area (Å²) in [5, 5.41) is 0. The molecule has 0 aromatic heterocycles. The lowest BCUT2D eigenvalue weighted by Crippen LogP contribution is -2.46. The van der Waals surface area contributed by atoms with Gasteiger partial charge in [-0.3, -0.25) is 0 Å². The van der Waals surface area contributed by atoms with Crippen LogP contribution in [0.5, 0.6) is 0 Å². The van der Waals surface area contributed by atoms with Gasteiger partial charge in [-0.05, 0) is 75.2 Å². The second-order valence-corrected chi connectivity index (χ2v) is 9.17. The van der Waals surface area contributed by atoms with E-state index in [-0.39, 0.29) is 16.4 Å². The summed E-state index contributed by atoms with van der Waals surface area (Å²) in [7, 11) is 0. The molecule has 5 saturated carbocycles. The van der Waals surface area contributed by atoms with E-state index in [0.717, 1.165) is 11.8 Å². The molecule has 3 atom stereocenters. The Hall–Kier alpha value is -1.58. The van der Waals surface area contributed by atoms with Gasteiger partial charge in [0.25, 0.3) is 0 Å². The Labute approximate surface area is 149 Å². The molecule has 0 radical (unpaired) electrons. The highest BCUT2D eigenvalue weighted by Gasteiger charge is 2.81. The van der Waals surface area contributed by atoms with Gasteiger partial charge >= 0.3 is 11.9 Å². The zero-order valence-corrected chi connectivity index (χ0v) is 15.7. The van der Waals surface area contributed by atoms with Gasteiger partial charge in [-0.25, -0.2) is 19.4 Å². The van der Waals surface area contributed by atoms with Crippen LogP contribution in [-0.4, -0.2) is 11.9 Å². The molecular formula is C21H28O4. The molecule has 4 bridgehead atoms. The van der Waals surface area contributed by atoms with E-state index in [0.29, 0.717) is 17.4 Å². The summed E-state index contributed by atoms with van der Waals surface area (Å²) in [4.78, 5) is 33.5. The van der Waals surface area contributed by atoms with E-state index in [1.165, 1.54) is 44.6 Å². The van der Waals surface area contributed by atoms with E-state index in [9.17, 15) is 9.59 Å². The van der Waals surface area contributed by atoms with Crippen LogP contribution >= 0.6 is 0 Å². The molecule has 5 aliphatic rings. The molecule has 0 saturated heterocycles. The molecule has 5 fully saturated rings. The maximum Gasteiger partial charge on any atom is 0.382 e. The standard InChI is InChI=1S/C21H28O4/c1-11(2)18(22)24-25-19(23)13(5)17-20-9-14-6-15(10-20)8-16(7-14)21(17,20)12(3)4/h12,14-16H,1,6-10H2,2-5H3/b17-13+. The van der Waals surface area contributed by atoms with E-state index in [1.807, 2.05) is 6.92 Å². The third-order valence-corrected chi connectivity index (χ3v) is 7.58. The Bertz CT molecular complexity index is 687. The molecule has 3 unspecified atom stereocenters. The topological polar surface area (TPSA) is 52.6 Å². The smallest absolute Gasteiger partial charge is 0.242 e. The van der Waals surface area contributed by atoms with Crippen molar-refractivity contribution in [2.45, 2.75) is 59.8 Å². The minimum Gasteiger partial charge on any atom is -0.242 e. The van der Waals surface area contributed by atoms with Crippen molar-refractivity contribution in [3.05, 3.63) is 23.3 Å². The predicted molar refractivity (Wildman–Crippen MR) is 93.0 cm³/mol. The maximum absolute atomic E-state index is 12.6. The zero-order valence-electron chi connectivity index (χ0n) is 15.7. The minimum atomic E-state index is -0.698. The summed E-state index contributed by atoms with van der Waals surface area (Å²) in [5.74, 6) is 1.66. The highest BCUT2D eigenvalue weighted by Crippen LogP contribution is 2.88. The van der Waals surface area contributed by atoms with Crippen LogP contribution in [0.4, 0.5) is 0 Å². The molecular weight excluding hydrogens is 316 g/mol. The fourth-order valence-corrected chi connectivity index (χ4v) is 7.33. The van der Waals surface area contributed by atoms with Crippen molar-refractivity contribution in [2.75, 3.05) is 0 Å². The predicted octanol–water partition coefficient (Wildman–Crippen LogP) is 4.36. The number of carbonyl (C=O) groups excluding carboxylic acids is 2. The van der Waals surface area contributed by atoms with Crippen LogP contribution in [0.1, 0.15) is 59.8 Å². The SMILES string of the molecule is C=C(C)C(=O)OOC(=O)/C(C)=C1\C23CC4CC(CC(C4)C12C(C)C)C3. The van der Waals surface area contributed by atoms with Crippen LogP contribution in [0.3, 0.4) is 0 Å². The molecule has 0 aromatic carbocycles. The first-order valence-corrected chi connectivity index (χ1v) is 9.54. The van der Waals surface area contributed by atoms with Crippen LogP contribution in [-0.2, 0) is 19.4 Å². The normalized spacial score (nSPS) is 42.0. The molecule has 0 amide bonds. The molecule has 4 nitrogen and oxygen atoms in total. The third-order valence-electron chi connectivity index (χ3n) is 7.58. The Kier molecular flexibility index (Phi) is 3.52. The average molecular weight is 344 g/mol. The van der Waals surface area contributed by atoms with Crippen molar-refractivity contribution < 1.29 is 19.4 Å².